The topological polar surface area (TPSA) is 66.9 Å². The third kappa shape index (κ3) is 4.03. The third-order valence-electron chi connectivity index (χ3n) is 3.54. The van der Waals surface area contributed by atoms with Gasteiger partial charge in [0.05, 0.1) is 23.0 Å². The molecule has 0 aliphatic rings. The van der Waals surface area contributed by atoms with Gasteiger partial charge in [-0.1, -0.05) is 18.2 Å². The van der Waals surface area contributed by atoms with Crippen LogP contribution < -0.4 is 10.6 Å². The standard InChI is InChI=1S/C17H13F3N4O/c18-17(19,20)12-6-4-11(5-7-12)10-21-16(25)23-14-2-1-3-15-13(14)8-9-22-24-15/h1-9H,10H2,(H2,21,23,25). The van der Waals surface area contributed by atoms with E-state index in [2.05, 4.69) is 20.8 Å². The molecule has 1 aromatic heterocycles. The van der Waals surface area contributed by atoms with E-state index in [4.69, 9.17) is 0 Å². The zero-order chi connectivity index (χ0) is 17.9. The predicted octanol–water partition coefficient (Wildman–Crippen LogP) is 3.97. The van der Waals surface area contributed by atoms with Crippen molar-refractivity contribution in [2.45, 2.75) is 12.7 Å². The average molecular weight is 346 g/mol. The summed E-state index contributed by atoms with van der Waals surface area (Å²) >= 11 is 0. The number of urea groups is 1. The van der Waals surface area contributed by atoms with Gasteiger partial charge in [-0.25, -0.2) is 4.79 Å². The number of hydrogen-bond donors (Lipinski definition) is 2. The number of halogens is 3. The highest BCUT2D eigenvalue weighted by molar-refractivity contribution is 6.00. The second kappa shape index (κ2) is 6.76. The molecule has 5 nitrogen and oxygen atoms in total. The van der Waals surface area contributed by atoms with E-state index in [1.165, 1.54) is 18.3 Å². The lowest BCUT2D eigenvalue weighted by Crippen LogP contribution is -2.28. The molecule has 0 radical (unpaired) electrons. The molecule has 0 atom stereocenters. The Morgan fingerprint density at radius 1 is 1.04 bits per heavy atom. The van der Waals surface area contributed by atoms with E-state index in [1.807, 2.05) is 0 Å². The maximum absolute atomic E-state index is 12.5. The van der Waals surface area contributed by atoms with E-state index in [1.54, 1.807) is 24.3 Å². The summed E-state index contributed by atoms with van der Waals surface area (Å²) in [7, 11) is 0. The van der Waals surface area contributed by atoms with Gasteiger partial charge in [0, 0.05) is 11.9 Å². The Morgan fingerprint density at radius 2 is 1.80 bits per heavy atom. The van der Waals surface area contributed by atoms with Crippen molar-refractivity contribution in [2.75, 3.05) is 5.32 Å². The van der Waals surface area contributed by atoms with Crippen molar-refractivity contribution < 1.29 is 18.0 Å². The normalized spacial score (nSPS) is 11.3. The summed E-state index contributed by atoms with van der Waals surface area (Å²) in [6.45, 7) is 0.106. The molecule has 0 aliphatic carbocycles. The Kier molecular flexibility index (Phi) is 4.51. The SMILES string of the molecule is O=C(NCc1ccc(C(F)(F)F)cc1)Nc1cccc2nnccc12. The number of alkyl halides is 3. The number of amides is 2. The van der Waals surface area contributed by atoms with E-state index >= 15 is 0 Å². The summed E-state index contributed by atoms with van der Waals surface area (Å²) < 4.78 is 37.5. The van der Waals surface area contributed by atoms with Crippen LogP contribution in [0.1, 0.15) is 11.1 Å². The first kappa shape index (κ1) is 16.7. The fraction of sp³-hybridized carbons (Fsp3) is 0.118. The predicted molar refractivity (Wildman–Crippen MR) is 86.8 cm³/mol. The van der Waals surface area contributed by atoms with E-state index in [0.29, 0.717) is 16.8 Å². The van der Waals surface area contributed by atoms with Crippen molar-refractivity contribution in [3.05, 3.63) is 65.9 Å². The molecule has 1 heterocycles. The molecule has 128 valence electrons. The highest BCUT2D eigenvalue weighted by Gasteiger charge is 2.29. The Morgan fingerprint density at radius 3 is 2.52 bits per heavy atom. The lowest BCUT2D eigenvalue weighted by molar-refractivity contribution is -0.137. The van der Waals surface area contributed by atoms with Gasteiger partial charge in [0.2, 0.25) is 0 Å². The Bertz CT molecular complexity index is 889. The number of nitrogens with one attached hydrogen (secondary N) is 2. The van der Waals surface area contributed by atoms with Gasteiger partial charge in [0.15, 0.2) is 0 Å². The summed E-state index contributed by atoms with van der Waals surface area (Å²) in [5.41, 5.74) is 1.05. The van der Waals surface area contributed by atoms with Crippen LogP contribution in [0.15, 0.2) is 54.7 Å². The molecule has 0 unspecified atom stereocenters. The van der Waals surface area contributed by atoms with Gasteiger partial charge >= 0.3 is 12.2 Å². The fourth-order valence-corrected chi connectivity index (χ4v) is 2.29. The number of aromatic nitrogens is 2. The molecule has 3 aromatic rings. The number of rotatable bonds is 3. The number of hydrogen-bond acceptors (Lipinski definition) is 3. The minimum Gasteiger partial charge on any atom is -0.334 e. The van der Waals surface area contributed by atoms with Crippen LogP contribution in [0.4, 0.5) is 23.7 Å². The van der Waals surface area contributed by atoms with Crippen LogP contribution in [-0.4, -0.2) is 16.2 Å². The highest BCUT2D eigenvalue weighted by Crippen LogP contribution is 2.29. The summed E-state index contributed by atoms with van der Waals surface area (Å²) in [4.78, 5) is 12.0. The van der Waals surface area contributed by atoms with E-state index in [0.717, 1.165) is 17.5 Å². The van der Waals surface area contributed by atoms with Gasteiger partial charge in [-0.05, 0) is 35.9 Å². The highest BCUT2D eigenvalue weighted by atomic mass is 19.4. The second-order valence-electron chi connectivity index (χ2n) is 5.27. The molecule has 8 heteroatoms. The molecule has 3 rings (SSSR count). The van der Waals surface area contributed by atoms with E-state index < -0.39 is 17.8 Å². The number of anilines is 1. The van der Waals surface area contributed by atoms with Gasteiger partial charge in [0.25, 0.3) is 0 Å². The molecule has 0 spiro atoms. The molecule has 0 fully saturated rings. The number of nitrogens with zero attached hydrogens (tertiary/aromatic N) is 2. The molecular weight excluding hydrogens is 333 g/mol. The average Bonchev–Trinajstić information content (AvgIpc) is 2.60. The van der Waals surface area contributed by atoms with Gasteiger partial charge in [0.1, 0.15) is 0 Å². The first-order chi connectivity index (χ1) is 11.9. The van der Waals surface area contributed by atoms with Crippen LogP contribution in [0, 0.1) is 0 Å². The zero-order valence-electron chi connectivity index (χ0n) is 12.8. The van der Waals surface area contributed by atoms with Crippen LogP contribution in [0.5, 0.6) is 0 Å². The van der Waals surface area contributed by atoms with Gasteiger partial charge in [-0.2, -0.15) is 23.4 Å². The summed E-state index contributed by atoms with van der Waals surface area (Å²) in [5, 5.41) is 13.8. The Balaban J connectivity index is 1.63. The molecule has 0 bridgehead atoms. The monoisotopic (exact) mass is 346 g/mol. The van der Waals surface area contributed by atoms with Crippen LogP contribution in [0.3, 0.4) is 0 Å². The first-order valence-electron chi connectivity index (χ1n) is 7.35. The van der Waals surface area contributed by atoms with Crippen LogP contribution in [-0.2, 0) is 12.7 Å². The van der Waals surface area contributed by atoms with E-state index in [9.17, 15) is 18.0 Å². The fourth-order valence-electron chi connectivity index (χ4n) is 2.29. The van der Waals surface area contributed by atoms with Crippen molar-refractivity contribution in [3.8, 4) is 0 Å². The van der Waals surface area contributed by atoms with Gasteiger partial charge in [-0.15, -0.1) is 0 Å². The number of benzene rings is 2. The molecule has 2 N–H and O–H groups in total. The minimum atomic E-state index is -4.37. The molecule has 2 amide bonds. The lowest BCUT2D eigenvalue weighted by Gasteiger charge is -2.10. The molecule has 0 aliphatic heterocycles. The minimum absolute atomic E-state index is 0.106. The molecule has 2 aromatic carbocycles. The Hall–Kier alpha value is -3.16. The summed E-state index contributed by atoms with van der Waals surface area (Å²) in [5.74, 6) is 0. The van der Waals surface area contributed by atoms with Crippen molar-refractivity contribution in [1.29, 1.82) is 0 Å². The first-order valence-corrected chi connectivity index (χ1v) is 7.35. The quantitative estimate of drug-likeness (QED) is 0.754. The summed E-state index contributed by atoms with van der Waals surface area (Å²) in [6, 6.07) is 11.1. The molecule has 25 heavy (non-hydrogen) atoms. The number of fused-ring (bicyclic) bond motifs is 1. The Labute approximate surface area is 140 Å². The molecule has 0 saturated carbocycles. The largest absolute Gasteiger partial charge is 0.416 e. The van der Waals surface area contributed by atoms with E-state index in [-0.39, 0.29) is 6.54 Å². The number of carbonyl (C=O) groups is 1. The smallest absolute Gasteiger partial charge is 0.334 e. The van der Waals surface area contributed by atoms with Crippen molar-refractivity contribution in [2.24, 2.45) is 0 Å². The maximum atomic E-state index is 12.5. The van der Waals surface area contributed by atoms with Crippen LogP contribution >= 0.6 is 0 Å². The van der Waals surface area contributed by atoms with Gasteiger partial charge in [-0.3, -0.25) is 0 Å². The van der Waals surface area contributed by atoms with Gasteiger partial charge < -0.3 is 10.6 Å². The number of carbonyl (C=O) groups excluding carboxylic acids is 1. The van der Waals surface area contributed by atoms with Crippen molar-refractivity contribution >= 4 is 22.6 Å². The zero-order valence-corrected chi connectivity index (χ0v) is 12.8. The third-order valence-corrected chi connectivity index (χ3v) is 3.54. The molecular formula is C17H13F3N4O. The second-order valence-corrected chi connectivity index (χ2v) is 5.27. The lowest BCUT2D eigenvalue weighted by atomic mass is 10.1. The maximum Gasteiger partial charge on any atom is 0.416 e. The van der Waals surface area contributed by atoms with Crippen molar-refractivity contribution in [1.82, 2.24) is 15.5 Å². The molecule has 0 saturated heterocycles. The van der Waals surface area contributed by atoms with Crippen LogP contribution in [0.25, 0.3) is 10.9 Å². The van der Waals surface area contributed by atoms with Crippen LogP contribution in [0.2, 0.25) is 0 Å². The summed E-state index contributed by atoms with van der Waals surface area (Å²) in [6.07, 6.45) is -2.85. The van der Waals surface area contributed by atoms with Crippen molar-refractivity contribution in [3.63, 3.8) is 0 Å².